The topological polar surface area (TPSA) is 46.2 Å². The van der Waals surface area contributed by atoms with Gasteiger partial charge in [0.05, 0.1) is 33.0 Å². The fourth-order valence-electron chi connectivity index (χ4n) is 4.73. The average molecular weight is 543 g/mol. The molecule has 4 aromatic carbocycles. The van der Waals surface area contributed by atoms with Crippen molar-refractivity contribution in [3.05, 3.63) is 144 Å². The third-order valence-electron chi connectivity index (χ3n) is 6.83. The summed E-state index contributed by atoms with van der Waals surface area (Å²) in [6, 6.07) is 39.2. The van der Waals surface area contributed by atoms with Crippen LogP contribution in [0.15, 0.2) is 121 Å². The first-order valence-corrected chi connectivity index (χ1v) is 13.6. The normalized spacial score (nSPS) is 22.7. The minimum atomic E-state index is -1.72. The van der Waals surface area contributed by atoms with Crippen molar-refractivity contribution in [3.63, 3.8) is 0 Å². The van der Waals surface area contributed by atoms with Gasteiger partial charge >= 0.3 is 0 Å². The minimum absolute atomic E-state index is 0.144. The molecule has 0 saturated carbocycles. The summed E-state index contributed by atoms with van der Waals surface area (Å²) >= 11 is 0. The molecule has 1 aliphatic heterocycles. The molecule has 1 heterocycles. The van der Waals surface area contributed by atoms with Crippen LogP contribution in [0.4, 0.5) is 4.39 Å². The number of ether oxygens (including phenoxy) is 5. The molecule has 0 amide bonds. The molecule has 6 heteroatoms. The van der Waals surface area contributed by atoms with E-state index in [2.05, 4.69) is 0 Å². The maximum Gasteiger partial charge on any atom is 0.228 e. The van der Waals surface area contributed by atoms with Crippen LogP contribution in [0.5, 0.6) is 0 Å². The predicted molar refractivity (Wildman–Crippen MR) is 151 cm³/mol. The summed E-state index contributed by atoms with van der Waals surface area (Å²) in [5, 5.41) is 0. The van der Waals surface area contributed by atoms with Crippen LogP contribution in [0.2, 0.25) is 0 Å². The van der Waals surface area contributed by atoms with Gasteiger partial charge in [-0.2, -0.15) is 0 Å². The molecule has 0 spiro atoms. The van der Waals surface area contributed by atoms with Crippen molar-refractivity contribution in [2.24, 2.45) is 0 Å². The Labute approximate surface area is 235 Å². The third-order valence-corrected chi connectivity index (χ3v) is 6.83. The largest absolute Gasteiger partial charge is 0.374 e. The molecule has 5 rings (SSSR count). The monoisotopic (exact) mass is 542 g/mol. The fourth-order valence-corrected chi connectivity index (χ4v) is 4.73. The lowest BCUT2D eigenvalue weighted by molar-refractivity contribution is -0.298. The number of benzene rings is 4. The van der Waals surface area contributed by atoms with Crippen molar-refractivity contribution in [1.82, 2.24) is 0 Å². The first kappa shape index (κ1) is 28.1. The maximum absolute atomic E-state index is 15.7. The van der Waals surface area contributed by atoms with Gasteiger partial charge in [-0.3, -0.25) is 0 Å². The van der Waals surface area contributed by atoms with Crippen molar-refractivity contribution in [3.8, 4) is 0 Å². The molecule has 1 saturated heterocycles. The highest BCUT2D eigenvalue weighted by molar-refractivity contribution is 5.16. The Hall–Kier alpha value is -3.39. The molecule has 5 nitrogen and oxygen atoms in total. The Bertz CT molecular complexity index is 1240. The molecule has 0 aliphatic carbocycles. The van der Waals surface area contributed by atoms with E-state index >= 15 is 4.39 Å². The predicted octanol–water partition coefficient (Wildman–Crippen LogP) is 6.65. The van der Waals surface area contributed by atoms with Gasteiger partial charge in [0.15, 0.2) is 0 Å². The Morgan fingerprint density at radius 1 is 0.475 bits per heavy atom. The quantitative estimate of drug-likeness (QED) is 0.189. The van der Waals surface area contributed by atoms with E-state index in [1.807, 2.05) is 121 Å². The molecule has 1 fully saturated rings. The summed E-state index contributed by atoms with van der Waals surface area (Å²) in [4.78, 5) is 0. The minimum Gasteiger partial charge on any atom is -0.374 e. The van der Waals surface area contributed by atoms with Crippen molar-refractivity contribution in [1.29, 1.82) is 0 Å². The van der Waals surface area contributed by atoms with Crippen molar-refractivity contribution < 1.29 is 28.1 Å². The van der Waals surface area contributed by atoms with Crippen molar-refractivity contribution >= 4 is 0 Å². The van der Waals surface area contributed by atoms with Gasteiger partial charge < -0.3 is 23.7 Å². The van der Waals surface area contributed by atoms with E-state index in [0.717, 1.165) is 22.3 Å². The molecule has 4 aromatic rings. The summed E-state index contributed by atoms with van der Waals surface area (Å²) in [5.74, 6) is 0. The molecule has 5 atom stereocenters. The molecule has 0 bridgehead atoms. The van der Waals surface area contributed by atoms with Crippen LogP contribution >= 0.6 is 0 Å². The van der Waals surface area contributed by atoms with Crippen LogP contribution in [0.25, 0.3) is 0 Å². The van der Waals surface area contributed by atoms with Crippen LogP contribution in [0.3, 0.4) is 0 Å². The lowest BCUT2D eigenvalue weighted by atomic mass is 9.98. The van der Waals surface area contributed by atoms with Gasteiger partial charge in [0.25, 0.3) is 0 Å². The van der Waals surface area contributed by atoms with Gasteiger partial charge in [-0.15, -0.1) is 0 Å². The molecular formula is C34H35FO5. The van der Waals surface area contributed by atoms with E-state index in [4.69, 9.17) is 23.7 Å². The molecule has 208 valence electrons. The Morgan fingerprint density at radius 2 is 0.850 bits per heavy atom. The van der Waals surface area contributed by atoms with Gasteiger partial charge in [-0.05, 0) is 22.3 Å². The van der Waals surface area contributed by atoms with Crippen LogP contribution in [-0.4, -0.2) is 37.4 Å². The van der Waals surface area contributed by atoms with E-state index in [-0.39, 0.29) is 19.8 Å². The summed E-state index contributed by atoms with van der Waals surface area (Å²) in [7, 11) is 0. The Kier molecular flexibility index (Phi) is 10.4. The number of hydrogen-bond acceptors (Lipinski definition) is 5. The standard InChI is InChI=1S/C34H35FO5/c35-34-33(39-24-29-19-11-4-12-20-29)32(38-23-28-17-9-3-10-18-28)31(37-22-27-15-7-2-8-16-27)30(40-34)25-36-21-26-13-5-1-6-14-26/h1-20,30-34H,21-25H2/t30-,31-,32+,33-,34?/m0/s1. The second-order valence-corrected chi connectivity index (χ2v) is 9.81. The SMILES string of the molecule is FC1O[C@@H](COCc2ccccc2)[C@H](OCc2ccccc2)[C@@H](OCc2ccccc2)[C@@H]1OCc1ccccc1. The fraction of sp³-hybridized carbons (Fsp3) is 0.294. The zero-order chi connectivity index (χ0) is 27.4. The van der Waals surface area contributed by atoms with E-state index < -0.39 is 30.8 Å². The van der Waals surface area contributed by atoms with Gasteiger partial charge in [-0.1, -0.05) is 121 Å². The highest BCUT2D eigenvalue weighted by Crippen LogP contribution is 2.31. The molecule has 1 aliphatic rings. The molecule has 0 N–H and O–H groups in total. The van der Waals surface area contributed by atoms with Crippen LogP contribution in [-0.2, 0) is 50.1 Å². The van der Waals surface area contributed by atoms with E-state index in [9.17, 15) is 0 Å². The van der Waals surface area contributed by atoms with Gasteiger partial charge in [0.1, 0.15) is 24.4 Å². The second kappa shape index (κ2) is 14.8. The van der Waals surface area contributed by atoms with Gasteiger partial charge in [0.2, 0.25) is 6.36 Å². The molecule has 0 radical (unpaired) electrons. The average Bonchev–Trinajstić information content (AvgIpc) is 3.01. The van der Waals surface area contributed by atoms with Crippen LogP contribution in [0.1, 0.15) is 22.3 Å². The van der Waals surface area contributed by atoms with Gasteiger partial charge in [-0.25, -0.2) is 4.39 Å². The summed E-state index contributed by atoms with van der Waals surface area (Å²) < 4.78 is 46.6. The molecule has 0 aromatic heterocycles. The lowest BCUT2D eigenvalue weighted by Gasteiger charge is -2.43. The van der Waals surface area contributed by atoms with Crippen LogP contribution < -0.4 is 0 Å². The molecule has 40 heavy (non-hydrogen) atoms. The van der Waals surface area contributed by atoms with Crippen LogP contribution in [0, 0.1) is 0 Å². The lowest BCUT2D eigenvalue weighted by Crippen LogP contribution is -2.60. The van der Waals surface area contributed by atoms with Crippen molar-refractivity contribution in [2.45, 2.75) is 57.2 Å². The highest BCUT2D eigenvalue weighted by atomic mass is 19.1. The zero-order valence-corrected chi connectivity index (χ0v) is 22.4. The number of alkyl halides is 1. The summed E-state index contributed by atoms with van der Waals surface area (Å²) in [6.45, 7) is 1.35. The molecule has 1 unspecified atom stereocenters. The first-order chi connectivity index (χ1) is 19.8. The highest BCUT2D eigenvalue weighted by Gasteiger charge is 2.48. The second-order valence-electron chi connectivity index (χ2n) is 9.81. The number of halogens is 1. The molecular weight excluding hydrogens is 507 g/mol. The van der Waals surface area contributed by atoms with E-state index in [0.29, 0.717) is 13.2 Å². The summed E-state index contributed by atoms with van der Waals surface area (Å²) in [6.07, 6.45) is -4.77. The van der Waals surface area contributed by atoms with E-state index in [1.165, 1.54) is 0 Å². The van der Waals surface area contributed by atoms with E-state index in [1.54, 1.807) is 0 Å². The van der Waals surface area contributed by atoms with Crippen molar-refractivity contribution in [2.75, 3.05) is 6.61 Å². The smallest absolute Gasteiger partial charge is 0.228 e. The summed E-state index contributed by atoms with van der Waals surface area (Å²) in [5.41, 5.74) is 3.94. The Balaban J connectivity index is 1.36. The third kappa shape index (κ3) is 8.07. The number of rotatable bonds is 13. The Morgan fingerprint density at radius 3 is 1.30 bits per heavy atom. The number of hydrogen-bond donors (Lipinski definition) is 0. The van der Waals surface area contributed by atoms with Gasteiger partial charge in [0, 0.05) is 0 Å². The first-order valence-electron chi connectivity index (χ1n) is 13.6. The maximum atomic E-state index is 15.7. The zero-order valence-electron chi connectivity index (χ0n) is 22.4.